The van der Waals surface area contributed by atoms with Gasteiger partial charge in [0.05, 0.1) is 17.7 Å². The van der Waals surface area contributed by atoms with E-state index in [4.69, 9.17) is 4.74 Å². The fourth-order valence-corrected chi connectivity index (χ4v) is 5.53. The second kappa shape index (κ2) is 8.68. The normalized spacial score (nSPS) is 17.5. The number of para-hydroxylation sites is 2. The number of anilines is 2. The molecular weight excluding hydrogens is 418 g/mol. The van der Waals surface area contributed by atoms with Crippen molar-refractivity contribution in [2.75, 3.05) is 30.8 Å². The fraction of sp³-hybridized carbons (Fsp3) is 0.364. The molecule has 1 saturated heterocycles. The molecule has 2 N–H and O–H groups in total. The van der Waals surface area contributed by atoms with E-state index in [2.05, 4.69) is 10.6 Å². The van der Waals surface area contributed by atoms with Crippen molar-refractivity contribution in [3.8, 4) is 5.75 Å². The maximum absolute atomic E-state index is 13.1. The Morgan fingerprint density at radius 2 is 1.87 bits per heavy atom. The molecule has 0 saturated carbocycles. The monoisotopic (exact) mass is 443 g/mol. The van der Waals surface area contributed by atoms with Gasteiger partial charge in [-0.25, -0.2) is 8.42 Å². The van der Waals surface area contributed by atoms with Gasteiger partial charge in [-0.05, 0) is 55.2 Å². The van der Waals surface area contributed by atoms with Crippen LogP contribution >= 0.6 is 0 Å². The molecule has 2 aliphatic heterocycles. The molecule has 31 heavy (non-hydrogen) atoms. The fourth-order valence-electron chi connectivity index (χ4n) is 4.01. The molecule has 0 radical (unpaired) electrons. The lowest BCUT2D eigenvalue weighted by atomic mass is 9.97. The number of nitrogens with one attached hydrogen (secondary N) is 2. The average molecular weight is 444 g/mol. The Labute approximate surface area is 181 Å². The SMILES string of the molecule is COc1ccccc1NC(=O)C1CCN(S(=O)(=O)c2ccc3c(c2)CCC(=O)N3)CC1. The number of carbonyl (C=O) groups excluding carboxylic acids is 2. The summed E-state index contributed by atoms with van der Waals surface area (Å²) in [5.41, 5.74) is 2.10. The molecule has 2 heterocycles. The predicted molar refractivity (Wildman–Crippen MR) is 116 cm³/mol. The molecule has 2 aromatic rings. The summed E-state index contributed by atoms with van der Waals surface area (Å²) < 4.78 is 32.9. The lowest BCUT2D eigenvalue weighted by Gasteiger charge is -2.31. The van der Waals surface area contributed by atoms with Crippen LogP contribution < -0.4 is 15.4 Å². The van der Waals surface area contributed by atoms with E-state index < -0.39 is 10.0 Å². The van der Waals surface area contributed by atoms with Gasteiger partial charge in [-0.1, -0.05) is 12.1 Å². The Balaban J connectivity index is 1.41. The molecule has 2 aromatic carbocycles. The second-order valence-corrected chi connectivity index (χ2v) is 9.67. The summed E-state index contributed by atoms with van der Waals surface area (Å²) in [5, 5.41) is 5.65. The average Bonchev–Trinajstić information content (AvgIpc) is 2.79. The Bertz CT molecular complexity index is 1110. The number of fused-ring (bicyclic) bond motifs is 1. The number of sulfonamides is 1. The van der Waals surface area contributed by atoms with Crippen molar-refractivity contribution in [2.45, 2.75) is 30.6 Å². The lowest BCUT2D eigenvalue weighted by Crippen LogP contribution is -2.41. The van der Waals surface area contributed by atoms with E-state index in [0.29, 0.717) is 42.8 Å². The first kappa shape index (κ1) is 21.3. The Morgan fingerprint density at radius 1 is 1.13 bits per heavy atom. The van der Waals surface area contributed by atoms with Crippen molar-refractivity contribution in [3.05, 3.63) is 48.0 Å². The third-order valence-electron chi connectivity index (χ3n) is 5.80. The van der Waals surface area contributed by atoms with Crippen molar-refractivity contribution < 1.29 is 22.7 Å². The minimum absolute atomic E-state index is 0.0587. The van der Waals surface area contributed by atoms with Crippen LogP contribution in [0.25, 0.3) is 0 Å². The second-order valence-electron chi connectivity index (χ2n) is 7.74. The molecule has 0 aromatic heterocycles. The van der Waals surface area contributed by atoms with E-state index in [-0.39, 0.29) is 35.7 Å². The Kier molecular flexibility index (Phi) is 5.97. The van der Waals surface area contributed by atoms with Gasteiger partial charge < -0.3 is 15.4 Å². The molecule has 0 atom stereocenters. The zero-order chi connectivity index (χ0) is 22.0. The van der Waals surface area contributed by atoms with Crippen LogP contribution in [0.5, 0.6) is 5.75 Å². The highest BCUT2D eigenvalue weighted by molar-refractivity contribution is 7.89. The number of carbonyl (C=O) groups is 2. The van der Waals surface area contributed by atoms with Gasteiger partial charge >= 0.3 is 0 Å². The molecule has 0 aliphatic carbocycles. The van der Waals surface area contributed by atoms with Crippen molar-refractivity contribution in [1.29, 1.82) is 0 Å². The van der Waals surface area contributed by atoms with Gasteiger partial charge in [-0.15, -0.1) is 0 Å². The molecule has 1 fully saturated rings. The first-order valence-electron chi connectivity index (χ1n) is 10.3. The van der Waals surface area contributed by atoms with E-state index in [0.717, 1.165) is 5.56 Å². The Morgan fingerprint density at radius 3 is 2.61 bits per heavy atom. The number of piperidine rings is 1. The third-order valence-corrected chi connectivity index (χ3v) is 7.69. The largest absolute Gasteiger partial charge is 0.495 e. The van der Waals surface area contributed by atoms with Gasteiger partial charge in [-0.3, -0.25) is 9.59 Å². The molecule has 0 spiro atoms. The highest BCUT2D eigenvalue weighted by atomic mass is 32.2. The number of hydrogen-bond acceptors (Lipinski definition) is 5. The quantitative estimate of drug-likeness (QED) is 0.739. The van der Waals surface area contributed by atoms with Crippen molar-refractivity contribution in [3.63, 3.8) is 0 Å². The van der Waals surface area contributed by atoms with E-state index in [1.54, 1.807) is 31.4 Å². The zero-order valence-electron chi connectivity index (χ0n) is 17.3. The summed E-state index contributed by atoms with van der Waals surface area (Å²) in [6, 6.07) is 12.0. The van der Waals surface area contributed by atoms with E-state index in [9.17, 15) is 18.0 Å². The van der Waals surface area contributed by atoms with Crippen LogP contribution in [-0.4, -0.2) is 44.7 Å². The molecule has 164 valence electrons. The van der Waals surface area contributed by atoms with Gasteiger partial charge in [0.15, 0.2) is 0 Å². The maximum atomic E-state index is 13.1. The summed E-state index contributed by atoms with van der Waals surface area (Å²) in [5.74, 6) is 0.122. The lowest BCUT2D eigenvalue weighted by molar-refractivity contribution is -0.121. The van der Waals surface area contributed by atoms with Crippen LogP contribution in [-0.2, 0) is 26.0 Å². The van der Waals surface area contributed by atoms with Gasteiger partial charge in [0, 0.05) is 31.1 Å². The molecule has 0 unspecified atom stereocenters. The predicted octanol–water partition coefficient (Wildman–Crippen LogP) is 2.62. The van der Waals surface area contributed by atoms with Crippen molar-refractivity contribution >= 4 is 33.2 Å². The molecule has 2 aliphatic rings. The molecule has 9 heteroatoms. The molecule has 2 amide bonds. The molecule has 8 nitrogen and oxygen atoms in total. The van der Waals surface area contributed by atoms with Crippen LogP contribution in [0.15, 0.2) is 47.4 Å². The number of benzene rings is 2. The van der Waals surface area contributed by atoms with Crippen LogP contribution in [0.2, 0.25) is 0 Å². The van der Waals surface area contributed by atoms with Crippen LogP contribution in [0, 0.1) is 5.92 Å². The molecule has 4 rings (SSSR count). The topological polar surface area (TPSA) is 105 Å². The summed E-state index contributed by atoms with van der Waals surface area (Å²) >= 11 is 0. The standard InChI is InChI=1S/C22H25N3O5S/c1-30-20-5-3-2-4-19(20)24-22(27)15-10-12-25(13-11-15)31(28,29)17-7-8-18-16(14-17)6-9-21(26)23-18/h2-5,7-8,14-15H,6,9-13H2,1H3,(H,23,26)(H,24,27). The van der Waals surface area contributed by atoms with E-state index in [1.165, 1.54) is 10.4 Å². The number of nitrogens with zero attached hydrogens (tertiary/aromatic N) is 1. The van der Waals surface area contributed by atoms with Gasteiger partial charge in [0.1, 0.15) is 5.75 Å². The zero-order valence-corrected chi connectivity index (χ0v) is 18.1. The van der Waals surface area contributed by atoms with Crippen LogP contribution in [0.4, 0.5) is 11.4 Å². The number of rotatable bonds is 5. The van der Waals surface area contributed by atoms with Crippen molar-refractivity contribution in [2.24, 2.45) is 5.92 Å². The van der Waals surface area contributed by atoms with Gasteiger partial charge in [0.25, 0.3) is 0 Å². The van der Waals surface area contributed by atoms with Crippen LogP contribution in [0.3, 0.4) is 0 Å². The number of methoxy groups -OCH3 is 1. The van der Waals surface area contributed by atoms with E-state index in [1.807, 2.05) is 12.1 Å². The highest BCUT2D eigenvalue weighted by Gasteiger charge is 2.33. The maximum Gasteiger partial charge on any atom is 0.243 e. The summed E-state index contributed by atoms with van der Waals surface area (Å²) in [4.78, 5) is 24.4. The summed E-state index contributed by atoms with van der Waals surface area (Å²) in [7, 11) is -2.11. The Hall–Kier alpha value is -2.91. The smallest absolute Gasteiger partial charge is 0.243 e. The number of amides is 2. The first-order valence-corrected chi connectivity index (χ1v) is 11.7. The van der Waals surface area contributed by atoms with Gasteiger partial charge in [0.2, 0.25) is 21.8 Å². The van der Waals surface area contributed by atoms with Crippen LogP contribution in [0.1, 0.15) is 24.8 Å². The first-order chi connectivity index (χ1) is 14.9. The third kappa shape index (κ3) is 4.42. The molecular formula is C22H25N3O5S. The number of hydrogen-bond donors (Lipinski definition) is 2. The highest BCUT2D eigenvalue weighted by Crippen LogP contribution is 2.30. The summed E-state index contributed by atoms with van der Waals surface area (Å²) in [6.45, 7) is 0.556. The van der Waals surface area contributed by atoms with Gasteiger partial charge in [-0.2, -0.15) is 4.31 Å². The summed E-state index contributed by atoms with van der Waals surface area (Å²) in [6.07, 6.45) is 1.77. The number of ether oxygens (including phenoxy) is 1. The van der Waals surface area contributed by atoms with E-state index >= 15 is 0 Å². The molecule has 0 bridgehead atoms. The number of aryl methyl sites for hydroxylation is 1. The minimum atomic E-state index is -3.66. The minimum Gasteiger partial charge on any atom is -0.495 e. The van der Waals surface area contributed by atoms with Crippen molar-refractivity contribution in [1.82, 2.24) is 4.31 Å².